The molecule has 0 aromatic rings. The summed E-state index contributed by atoms with van der Waals surface area (Å²) < 4.78 is 6.82. The second kappa shape index (κ2) is 11.4. The van der Waals surface area contributed by atoms with Crippen LogP contribution in [0.1, 0.15) is 119 Å². The number of fused-ring (bicyclic) bond motifs is 1. The van der Waals surface area contributed by atoms with Crippen LogP contribution in [0.3, 0.4) is 0 Å². The van der Waals surface area contributed by atoms with Crippen LogP contribution in [0, 0.1) is 29.1 Å². The zero-order valence-electron chi connectivity index (χ0n) is 24.9. The molecular weight excluding hydrogens is 440 g/mol. The molecule has 0 amide bonds. The SMILES string of the molecule is C=C1CC[C@H](O[Si](C)(C)C(C)(C)C)C/C1=C\C=C1\CCC[C@@]2(C)[C@H]1CC[C@H]2C(C)CCCC(C)C. The van der Waals surface area contributed by atoms with Gasteiger partial charge in [0, 0.05) is 6.10 Å². The predicted octanol–water partition coefficient (Wildman–Crippen LogP) is 10.6. The lowest BCUT2D eigenvalue weighted by Gasteiger charge is -2.44. The third-order valence-electron chi connectivity index (χ3n) is 10.6. The molecule has 0 radical (unpaired) electrons. The summed E-state index contributed by atoms with van der Waals surface area (Å²) in [5, 5.41) is 0.269. The smallest absolute Gasteiger partial charge is 0.192 e. The Balaban J connectivity index is 1.70. The highest BCUT2D eigenvalue weighted by Crippen LogP contribution is 2.60. The molecular formula is C33H58OSi. The molecule has 0 bridgehead atoms. The van der Waals surface area contributed by atoms with Gasteiger partial charge < -0.3 is 4.43 Å². The second-order valence-electron chi connectivity index (χ2n) is 14.7. The summed E-state index contributed by atoms with van der Waals surface area (Å²) in [5.41, 5.74) is 5.05. The van der Waals surface area contributed by atoms with E-state index in [9.17, 15) is 0 Å². The first-order valence-corrected chi connectivity index (χ1v) is 17.9. The lowest BCUT2D eigenvalue weighted by atomic mass is 9.60. The summed E-state index contributed by atoms with van der Waals surface area (Å²) in [6, 6.07) is 0. The number of hydrogen-bond donors (Lipinski definition) is 0. The van der Waals surface area contributed by atoms with Crippen molar-refractivity contribution in [3.63, 3.8) is 0 Å². The van der Waals surface area contributed by atoms with E-state index in [0.717, 1.165) is 42.9 Å². The summed E-state index contributed by atoms with van der Waals surface area (Å²) in [7, 11) is -1.73. The van der Waals surface area contributed by atoms with Crippen LogP contribution in [0.15, 0.2) is 35.5 Å². The molecule has 0 aliphatic heterocycles. The zero-order valence-corrected chi connectivity index (χ0v) is 25.9. The lowest BCUT2D eigenvalue weighted by molar-refractivity contribution is 0.0929. The van der Waals surface area contributed by atoms with Crippen LogP contribution in [0.5, 0.6) is 0 Å². The van der Waals surface area contributed by atoms with Crippen LogP contribution in [-0.4, -0.2) is 14.4 Å². The summed E-state index contributed by atoms with van der Waals surface area (Å²) in [6.07, 6.45) is 19.8. The third-order valence-corrected chi connectivity index (χ3v) is 15.1. The van der Waals surface area contributed by atoms with Gasteiger partial charge in [-0.2, -0.15) is 0 Å². The Hall–Kier alpha value is -0.603. The molecule has 0 saturated heterocycles. The first-order valence-electron chi connectivity index (χ1n) is 15.0. The normalized spacial score (nSPS) is 33.5. The van der Waals surface area contributed by atoms with E-state index in [-0.39, 0.29) is 5.04 Å². The minimum Gasteiger partial charge on any atom is -0.414 e. The maximum absolute atomic E-state index is 6.82. The van der Waals surface area contributed by atoms with E-state index in [1.807, 2.05) is 0 Å². The minimum atomic E-state index is -1.73. The Labute approximate surface area is 220 Å². The van der Waals surface area contributed by atoms with Gasteiger partial charge in [-0.1, -0.05) is 97.6 Å². The van der Waals surface area contributed by atoms with Crippen LogP contribution in [-0.2, 0) is 4.43 Å². The van der Waals surface area contributed by atoms with Gasteiger partial charge in [-0.3, -0.25) is 0 Å². The van der Waals surface area contributed by atoms with E-state index in [2.05, 4.69) is 80.3 Å². The van der Waals surface area contributed by atoms with Crippen molar-refractivity contribution in [2.24, 2.45) is 29.1 Å². The largest absolute Gasteiger partial charge is 0.414 e. The number of allylic oxidation sites excluding steroid dienone is 4. The maximum atomic E-state index is 6.82. The Morgan fingerprint density at radius 2 is 1.77 bits per heavy atom. The monoisotopic (exact) mass is 498 g/mol. The quantitative estimate of drug-likeness (QED) is 0.302. The van der Waals surface area contributed by atoms with Crippen molar-refractivity contribution < 1.29 is 4.43 Å². The molecule has 1 unspecified atom stereocenters. The Bertz CT molecular complexity index is 794. The molecule has 2 heteroatoms. The number of rotatable bonds is 8. The van der Waals surface area contributed by atoms with Gasteiger partial charge in [0.05, 0.1) is 0 Å². The van der Waals surface area contributed by atoms with Gasteiger partial charge in [-0.15, -0.1) is 0 Å². The van der Waals surface area contributed by atoms with E-state index >= 15 is 0 Å². The highest BCUT2D eigenvalue weighted by atomic mass is 28.4. The van der Waals surface area contributed by atoms with Crippen molar-refractivity contribution in [2.45, 2.75) is 143 Å². The fourth-order valence-electron chi connectivity index (χ4n) is 7.34. The average Bonchev–Trinajstić information content (AvgIpc) is 3.10. The van der Waals surface area contributed by atoms with Crippen LogP contribution in [0.4, 0.5) is 0 Å². The summed E-state index contributed by atoms with van der Waals surface area (Å²) in [6.45, 7) is 26.2. The second-order valence-corrected chi connectivity index (χ2v) is 19.4. The molecule has 0 spiro atoms. The molecule has 3 saturated carbocycles. The maximum Gasteiger partial charge on any atom is 0.192 e. The van der Waals surface area contributed by atoms with E-state index < -0.39 is 8.32 Å². The first kappa shape index (κ1) is 29.0. The van der Waals surface area contributed by atoms with E-state index in [1.54, 1.807) is 5.57 Å². The molecule has 1 nitrogen and oxygen atoms in total. The van der Waals surface area contributed by atoms with Crippen molar-refractivity contribution >= 4 is 8.32 Å². The summed E-state index contributed by atoms with van der Waals surface area (Å²) in [5.74, 6) is 3.41. The van der Waals surface area contributed by atoms with Crippen molar-refractivity contribution in [3.8, 4) is 0 Å². The van der Waals surface area contributed by atoms with Crippen molar-refractivity contribution in [2.75, 3.05) is 0 Å². The number of hydrogen-bond acceptors (Lipinski definition) is 1. The molecule has 0 heterocycles. The third kappa shape index (κ3) is 6.84. The van der Waals surface area contributed by atoms with Gasteiger partial charge >= 0.3 is 0 Å². The molecule has 35 heavy (non-hydrogen) atoms. The zero-order chi connectivity index (χ0) is 26.0. The van der Waals surface area contributed by atoms with E-state index in [1.165, 1.54) is 62.5 Å². The molecule has 3 fully saturated rings. The van der Waals surface area contributed by atoms with Gasteiger partial charge in [-0.05, 0) is 104 Å². The van der Waals surface area contributed by atoms with Crippen molar-refractivity contribution in [1.82, 2.24) is 0 Å². The highest BCUT2D eigenvalue weighted by Gasteiger charge is 2.50. The van der Waals surface area contributed by atoms with Gasteiger partial charge in [0.1, 0.15) is 0 Å². The van der Waals surface area contributed by atoms with E-state index in [4.69, 9.17) is 4.43 Å². The first-order chi connectivity index (χ1) is 16.2. The molecule has 200 valence electrons. The standard InChI is InChI=1S/C33H58OSi/c1-24(2)13-11-14-26(4)30-20-21-31-27(15-12-22-33(30,31)8)17-18-28-23-29(19-16-25(28)3)34-35(9,10)32(5,6)7/h17-18,24,26,29-31H,3,11-16,19-23H2,1-2,4-10H3/b27-17-,28-18+/t26?,29-,30-,31-,33+/m0/s1. The Kier molecular flexibility index (Phi) is 9.45. The Morgan fingerprint density at radius 1 is 1.06 bits per heavy atom. The molecule has 0 N–H and O–H groups in total. The van der Waals surface area contributed by atoms with Crippen LogP contribution in [0.25, 0.3) is 0 Å². The van der Waals surface area contributed by atoms with Gasteiger partial charge in [-0.25, -0.2) is 0 Å². The molecule has 0 aromatic heterocycles. The molecule has 3 rings (SSSR count). The fraction of sp³-hybridized carbons (Fsp3) is 0.818. The minimum absolute atomic E-state index is 0.269. The van der Waals surface area contributed by atoms with Gasteiger partial charge in [0.15, 0.2) is 8.32 Å². The van der Waals surface area contributed by atoms with Crippen LogP contribution >= 0.6 is 0 Å². The Morgan fingerprint density at radius 3 is 2.43 bits per heavy atom. The van der Waals surface area contributed by atoms with Crippen LogP contribution < -0.4 is 0 Å². The van der Waals surface area contributed by atoms with Crippen molar-refractivity contribution in [3.05, 3.63) is 35.5 Å². The topological polar surface area (TPSA) is 9.23 Å². The highest BCUT2D eigenvalue weighted by molar-refractivity contribution is 6.74. The molecule has 3 aliphatic rings. The van der Waals surface area contributed by atoms with Crippen molar-refractivity contribution in [1.29, 1.82) is 0 Å². The summed E-state index contributed by atoms with van der Waals surface area (Å²) in [4.78, 5) is 0. The van der Waals surface area contributed by atoms with Gasteiger partial charge in [0.2, 0.25) is 0 Å². The molecule has 3 aliphatic carbocycles. The van der Waals surface area contributed by atoms with Crippen LogP contribution in [0.2, 0.25) is 18.1 Å². The predicted molar refractivity (Wildman–Crippen MR) is 157 cm³/mol. The fourth-order valence-corrected chi connectivity index (χ4v) is 8.73. The molecule has 0 aromatic carbocycles. The average molecular weight is 499 g/mol. The summed E-state index contributed by atoms with van der Waals surface area (Å²) >= 11 is 0. The van der Waals surface area contributed by atoms with Gasteiger partial charge in [0.25, 0.3) is 0 Å². The molecule has 5 atom stereocenters. The van der Waals surface area contributed by atoms with E-state index in [0.29, 0.717) is 11.5 Å². The lowest BCUT2D eigenvalue weighted by Crippen LogP contribution is -2.44.